The fraction of sp³-hybridized carbons (Fsp3) is 0.625. The third kappa shape index (κ3) is 12.8. The predicted octanol–water partition coefficient (Wildman–Crippen LogP) is 12.7. The Balaban J connectivity index is 0.827. The number of aliphatic carboxylic acids is 1. The van der Waals surface area contributed by atoms with Crippen molar-refractivity contribution < 1.29 is 48.0 Å². The van der Waals surface area contributed by atoms with E-state index >= 15 is 0 Å². The summed E-state index contributed by atoms with van der Waals surface area (Å²) in [4.78, 5) is 53.1. The molecule has 2 amide bonds. The van der Waals surface area contributed by atoms with Crippen LogP contribution >= 0.6 is 0 Å². The molecule has 12 nitrogen and oxygen atoms in total. The largest absolute Gasteiger partial charge is 0.497 e. The summed E-state index contributed by atoms with van der Waals surface area (Å²) in [6.45, 7) is 13.3. The van der Waals surface area contributed by atoms with Gasteiger partial charge in [-0.2, -0.15) is 0 Å². The Morgan fingerprint density at radius 2 is 1.39 bits per heavy atom. The van der Waals surface area contributed by atoms with Gasteiger partial charge in [0.1, 0.15) is 29.8 Å². The van der Waals surface area contributed by atoms with Crippen molar-refractivity contribution in [1.82, 2.24) is 10.2 Å². The summed E-state index contributed by atoms with van der Waals surface area (Å²) < 4.78 is 29.9. The van der Waals surface area contributed by atoms with E-state index in [2.05, 4.69) is 58.1 Å². The Labute approximate surface area is 453 Å². The molecule has 1 aliphatic heterocycles. The van der Waals surface area contributed by atoms with Crippen LogP contribution in [0.25, 0.3) is 0 Å². The van der Waals surface area contributed by atoms with Gasteiger partial charge in [0.2, 0.25) is 5.91 Å². The van der Waals surface area contributed by atoms with Gasteiger partial charge in [0.15, 0.2) is 0 Å². The quantitative estimate of drug-likeness (QED) is 0.0384. The molecule has 3 saturated carbocycles. The van der Waals surface area contributed by atoms with E-state index in [4.69, 9.17) is 23.7 Å². The SMILES string of the molecule is COc1ccc(C(COC2CN(C(=O)CCCCCNC(=O)OC3CC[C@@]4(C)C(=CCC5C4CC[C@@]4(C)C5CC[C@@H]4C(C)CCCC(C)C)C3)CC2OC(=O)CCC(=O)O)(c2ccccc2)c2ccc(OC)cc2)cc1. The number of alkyl carbamates (subject to hydrolysis) is 1. The third-order valence-electron chi connectivity index (χ3n) is 19.2. The highest BCUT2D eigenvalue weighted by molar-refractivity contribution is 5.78. The van der Waals surface area contributed by atoms with Gasteiger partial charge in [-0.25, -0.2) is 4.79 Å². The summed E-state index contributed by atoms with van der Waals surface area (Å²) in [5, 5.41) is 12.3. The number of carbonyl (C=O) groups excluding carboxylic acids is 3. The minimum atomic E-state index is -1.10. The molecule has 3 aromatic carbocycles. The number of benzene rings is 3. The van der Waals surface area contributed by atoms with Crippen LogP contribution in [0, 0.1) is 46.3 Å². The van der Waals surface area contributed by atoms with Crippen LogP contribution in [0.2, 0.25) is 0 Å². The number of carboxylic acid groups (broad SMARTS) is 1. The van der Waals surface area contributed by atoms with Gasteiger partial charge in [-0.15, -0.1) is 0 Å². The highest BCUT2D eigenvalue weighted by Gasteiger charge is 2.59. The molecule has 12 heteroatoms. The van der Waals surface area contributed by atoms with Crippen LogP contribution in [0.15, 0.2) is 90.5 Å². The molecule has 1 heterocycles. The lowest BCUT2D eigenvalue weighted by molar-refractivity contribution is -0.156. The molecule has 3 aromatic rings. The second-order valence-electron chi connectivity index (χ2n) is 24.1. The Morgan fingerprint density at radius 3 is 2.05 bits per heavy atom. The van der Waals surface area contributed by atoms with E-state index in [0.29, 0.717) is 36.3 Å². The van der Waals surface area contributed by atoms with Crippen molar-refractivity contribution in [3.05, 3.63) is 107 Å². The third-order valence-corrected chi connectivity index (χ3v) is 19.2. The minimum Gasteiger partial charge on any atom is -0.497 e. The van der Waals surface area contributed by atoms with E-state index in [1.54, 1.807) is 19.1 Å². The summed E-state index contributed by atoms with van der Waals surface area (Å²) in [7, 11) is 3.25. The second-order valence-corrected chi connectivity index (χ2v) is 24.1. The van der Waals surface area contributed by atoms with Gasteiger partial charge in [-0.05, 0) is 145 Å². The van der Waals surface area contributed by atoms with Crippen LogP contribution in [0.3, 0.4) is 0 Å². The molecule has 1 saturated heterocycles. The average Bonchev–Trinajstić information content (AvgIpc) is 4.00. The first-order chi connectivity index (χ1) is 36.6. The summed E-state index contributed by atoms with van der Waals surface area (Å²) in [5.74, 6) is 4.32. The van der Waals surface area contributed by atoms with E-state index in [-0.39, 0.29) is 62.5 Å². The Kier molecular flexibility index (Phi) is 19.0. The number of fused-ring (bicyclic) bond motifs is 5. The molecule has 0 bridgehead atoms. The molecule has 2 N–H and O–H groups in total. The molecular formula is C64H88N2O10. The number of amides is 2. The number of unbranched alkanes of at least 4 members (excludes halogenated alkanes) is 2. The van der Waals surface area contributed by atoms with Crippen LogP contribution in [-0.2, 0) is 34.0 Å². The number of nitrogens with zero attached hydrogens (tertiary/aromatic N) is 1. The first-order valence-electron chi connectivity index (χ1n) is 28.9. The summed E-state index contributed by atoms with van der Waals surface area (Å²) >= 11 is 0. The van der Waals surface area contributed by atoms with Crippen molar-refractivity contribution >= 4 is 23.9 Å². The van der Waals surface area contributed by atoms with Crippen LogP contribution in [0.5, 0.6) is 11.5 Å². The molecule has 4 aliphatic carbocycles. The monoisotopic (exact) mass is 1040 g/mol. The molecule has 8 rings (SSSR count). The zero-order chi connectivity index (χ0) is 54.0. The normalized spacial score (nSPS) is 27.3. The van der Waals surface area contributed by atoms with Gasteiger partial charge in [-0.3, -0.25) is 14.4 Å². The molecule has 4 fully saturated rings. The fourth-order valence-electron chi connectivity index (χ4n) is 15.0. The van der Waals surface area contributed by atoms with Crippen LogP contribution in [0.1, 0.15) is 160 Å². The highest BCUT2D eigenvalue weighted by Crippen LogP contribution is 2.67. The fourth-order valence-corrected chi connectivity index (χ4v) is 15.0. The minimum absolute atomic E-state index is 0.0888. The standard InChI is InChI=1S/C64H88N2O10/c1-43(2)15-14-16-44(3)53-30-31-54-52-29-24-48-39-51(34-36-62(48,4)55(52)35-37-63(53,54)5)75-61(71)65-38-13-9-12-19-58(67)66-40-56(57(41-66)76-60(70)33-32-59(68)69)74-42-64(45-17-10-8-11-18-45,46-20-25-49(72-6)26-21-46)47-22-27-50(73-7)28-23-47/h8,10-11,17-18,20-28,43-44,51-57H,9,12-16,19,29-42H2,1-7H3,(H,65,71)(H,68,69)/t44?,51?,52?,53-,54?,55?,56?,57?,62+,63-/m1/s1. The zero-order valence-corrected chi connectivity index (χ0v) is 46.7. The van der Waals surface area contributed by atoms with Crippen molar-refractivity contribution in [2.24, 2.45) is 46.3 Å². The van der Waals surface area contributed by atoms with Crippen molar-refractivity contribution in [3.8, 4) is 11.5 Å². The van der Waals surface area contributed by atoms with Gasteiger partial charge in [0.25, 0.3) is 0 Å². The van der Waals surface area contributed by atoms with Crippen molar-refractivity contribution in [1.29, 1.82) is 0 Å². The van der Waals surface area contributed by atoms with Gasteiger partial charge >= 0.3 is 18.0 Å². The van der Waals surface area contributed by atoms with Gasteiger partial charge in [-0.1, -0.05) is 127 Å². The lowest BCUT2D eigenvalue weighted by atomic mass is 9.47. The number of carboxylic acids is 1. The number of methoxy groups -OCH3 is 2. The number of likely N-dealkylation sites (tertiary alicyclic amines) is 1. The number of allylic oxidation sites excluding steroid dienone is 1. The van der Waals surface area contributed by atoms with Crippen LogP contribution in [0.4, 0.5) is 4.79 Å². The average molecular weight is 1050 g/mol. The van der Waals surface area contributed by atoms with E-state index in [9.17, 15) is 24.3 Å². The maximum atomic E-state index is 13.9. The van der Waals surface area contributed by atoms with Crippen molar-refractivity contribution in [2.45, 2.75) is 167 Å². The summed E-state index contributed by atoms with van der Waals surface area (Å²) in [6, 6.07) is 25.8. The molecule has 7 unspecified atom stereocenters. The van der Waals surface area contributed by atoms with E-state index < -0.39 is 29.6 Å². The number of esters is 1. The van der Waals surface area contributed by atoms with Crippen LogP contribution in [-0.4, -0.2) is 92.7 Å². The second kappa shape index (κ2) is 25.4. The van der Waals surface area contributed by atoms with E-state index in [1.165, 1.54) is 56.9 Å². The Hall–Kier alpha value is -5.36. The predicted molar refractivity (Wildman–Crippen MR) is 295 cm³/mol. The molecule has 0 spiro atoms. The van der Waals surface area contributed by atoms with Gasteiger partial charge in [0, 0.05) is 19.4 Å². The topological polar surface area (TPSA) is 150 Å². The number of rotatable bonds is 24. The zero-order valence-electron chi connectivity index (χ0n) is 46.7. The van der Waals surface area contributed by atoms with Crippen molar-refractivity contribution in [2.75, 3.05) is 40.5 Å². The molecule has 0 aromatic heterocycles. The maximum absolute atomic E-state index is 13.9. The van der Waals surface area contributed by atoms with Crippen molar-refractivity contribution in [3.63, 3.8) is 0 Å². The Bertz CT molecular complexity index is 2390. The lowest BCUT2D eigenvalue weighted by Gasteiger charge is -2.58. The summed E-state index contributed by atoms with van der Waals surface area (Å²) in [6.07, 6.45) is 15.8. The number of hydrogen-bond acceptors (Lipinski definition) is 9. The van der Waals surface area contributed by atoms with Gasteiger partial charge in [0.05, 0.1) is 52.2 Å². The first-order valence-corrected chi connectivity index (χ1v) is 28.9. The van der Waals surface area contributed by atoms with E-state index in [0.717, 1.165) is 77.9 Å². The molecule has 10 atom stereocenters. The number of nitrogens with one attached hydrogen (secondary N) is 1. The molecule has 0 radical (unpaired) electrons. The first kappa shape index (κ1) is 56.8. The maximum Gasteiger partial charge on any atom is 0.407 e. The van der Waals surface area contributed by atoms with E-state index in [1.807, 2.05) is 66.7 Å². The number of hydrogen-bond donors (Lipinski definition) is 2. The van der Waals surface area contributed by atoms with Crippen LogP contribution < -0.4 is 14.8 Å². The smallest absolute Gasteiger partial charge is 0.407 e. The number of carbonyl (C=O) groups is 4. The molecule has 5 aliphatic rings. The highest BCUT2D eigenvalue weighted by atomic mass is 16.6. The lowest BCUT2D eigenvalue weighted by Crippen LogP contribution is -2.51. The number of ether oxygens (including phenoxy) is 5. The Morgan fingerprint density at radius 1 is 0.724 bits per heavy atom. The molecular weight excluding hydrogens is 957 g/mol. The van der Waals surface area contributed by atoms with Gasteiger partial charge < -0.3 is 39.0 Å². The molecule has 76 heavy (non-hydrogen) atoms. The summed E-state index contributed by atoms with van der Waals surface area (Å²) in [5.41, 5.74) is 4.16. The molecule has 414 valence electrons.